The minimum atomic E-state index is -0.494. The number of carbonyl (C=O) groups is 6. The van der Waals surface area contributed by atoms with Crippen molar-refractivity contribution in [1.29, 1.82) is 0 Å². The van der Waals surface area contributed by atoms with Gasteiger partial charge in [0.2, 0.25) is 0 Å². The number of methoxy groups -OCH3 is 3. The van der Waals surface area contributed by atoms with E-state index in [1.54, 1.807) is 51.2 Å². The first-order chi connectivity index (χ1) is 37.7. The Morgan fingerprint density at radius 2 is 0.964 bits per heavy atom. The molecule has 7 heterocycles. The highest BCUT2D eigenvalue weighted by molar-refractivity contribution is 9.10. The van der Waals surface area contributed by atoms with Crippen molar-refractivity contribution in [2.75, 3.05) is 67.7 Å². The number of halogens is 1. The predicted octanol–water partition coefficient (Wildman–Crippen LogP) is 11.6. The number of aromatic nitrogens is 3. The van der Waals surface area contributed by atoms with Crippen molar-refractivity contribution in [3.8, 4) is 0 Å². The van der Waals surface area contributed by atoms with Crippen molar-refractivity contribution in [1.82, 2.24) is 29.7 Å². The zero-order valence-corrected chi connectivity index (χ0v) is 51.9. The minimum Gasteiger partial charge on any atom is -0.465 e. The lowest BCUT2D eigenvalue weighted by Crippen LogP contribution is -2.41. The minimum absolute atomic E-state index is 0. The lowest BCUT2D eigenvalue weighted by Gasteiger charge is -2.33. The number of aliphatic hydroxyl groups excluding tert-OH is 1. The Morgan fingerprint density at radius 1 is 0.566 bits per heavy atom. The summed E-state index contributed by atoms with van der Waals surface area (Å²) in [6.45, 7) is 28.5. The molecule has 0 unspecified atom stereocenters. The lowest BCUT2D eigenvalue weighted by atomic mass is 9.75. The van der Waals surface area contributed by atoms with Gasteiger partial charge in [-0.25, -0.2) is 33.8 Å². The average Bonchev–Trinajstić information content (AvgIpc) is 3.12. The SMILES string of the molecule is C.C.CC(C)(C)OC(=O)N1CC=C(B2OC(C)(C)C(C)(C)O2)CC1.CO.COC(=O)c1ccc(Br)nc1.COC(=O)c1ccc(C2=CCN(C(=O)OC(C)(C)C)CC2)nc1.COC(=O)c1ccc(C2CCN(C(=O)OC(C)(C)C)CC2)nc1. The number of pyridine rings is 3. The van der Waals surface area contributed by atoms with E-state index in [1.165, 1.54) is 33.7 Å². The molecule has 4 aliphatic heterocycles. The molecule has 3 aromatic heterocycles. The third-order valence-corrected chi connectivity index (χ3v) is 13.2. The molecule has 0 aromatic carbocycles. The van der Waals surface area contributed by atoms with E-state index in [4.69, 9.17) is 28.6 Å². The molecule has 2 fully saturated rings. The Morgan fingerprint density at radius 3 is 1.30 bits per heavy atom. The van der Waals surface area contributed by atoms with Gasteiger partial charge in [0.25, 0.3) is 0 Å². The Balaban J connectivity index is 0.000000557. The molecular weight excluding hydrogens is 1140 g/mol. The summed E-state index contributed by atoms with van der Waals surface area (Å²) in [4.78, 5) is 87.4. The molecule has 0 atom stereocenters. The van der Waals surface area contributed by atoms with Crippen LogP contribution in [0.3, 0.4) is 0 Å². The maximum Gasteiger partial charge on any atom is 0.490 e. The molecule has 4 aliphatic rings. The fraction of sp³-hybridized carbons (Fsp3) is 0.583. The number of aliphatic hydroxyl groups is 1. The third kappa shape index (κ3) is 24.4. The molecular formula is C60H92BBrN6O15. The van der Waals surface area contributed by atoms with E-state index < -0.39 is 22.8 Å². The van der Waals surface area contributed by atoms with E-state index in [-0.39, 0.29) is 63.4 Å². The van der Waals surface area contributed by atoms with E-state index in [0.717, 1.165) is 48.8 Å². The Labute approximate surface area is 501 Å². The molecule has 0 bridgehead atoms. The number of nitrogens with zero attached hydrogens (tertiary/aromatic N) is 6. The predicted molar refractivity (Wildman–Crippen MR) is 323 cm³/mol. The molecule has 0 saturated carbocycles. The van der Waals surface area contributed by atoms with Gasteiger partial charge >= 0.3 is 43.3 Å². The molecule has 23 heteroatoms. The van der Waals surface area contributed by atoms with Gasteiger partial charge in [-0.2, -0.15) is 0 Å². The van der Waals surface area contributed by atoms with Crippen molar-refractivity contribution in [2.45, 2.75) is 164 Å². The second-order valence-electron chi connectivity index (χ2n) is 22.9. The molecule has 3 amide bonds. The average molecular weight is 1230 g/mol. The van der Waals surface area contributed by atoms with E-state index in [0.29, 0.717) is 72.9 Å². The van der Waals surface area contributed by atoms with E-state index >= 15 is 0 Å². The maximum absolute atomic E-state index is 12.1. The highest BCUT2D eigenvalue weighted by Crippen LogP contribution is 2.39. The zero-order chi connectivity index (χ0) is 61.1. The highest BCUT2D eigenvalue weighted by Gasteiger charge is 2.52. The number of hydrogen-bond donors (Lipinski definition) is 1. The zero-order valence-electron chi connectivity index (χ0n) is 50.3. The van der Waals surface area contributed by atoms with Crippen molar-refractivity contribution >= 4 is 64.8 Å². The standard InChI is InChI=1S/C17H24N2O4.C17H22N2O4.C16H28BNO4.C7H6BrNO2.CH4O.2CH4/c2*1-17(2,3)23-16(21)19-9-7-12(8-10-19)14-6-5-13(11-18-14)15(20)22-4;1-14(2,3)20-13(19)18-10-8-12(9-11-18)17-21-15(4,5)16(6,7)22-17;1-11-7(10)5-2-3-6(8)9-4-5;1-2;;/h5-6,11-12H,7-10H2,1-4H3;5-7,11H,8-10H2,1-4H3;8H,9-11H2,1-7H3;2-4H,1H3;2H,1H3;2*1H4. The summed E-state index contributed by atoms with van der Waals surface area (Å²) in [6, 6.07) is 10.4. The maximum atomic E-state index is 12.1. The summed E-state index contributed by atoms with van der Waals surface area (Å²) >= 11 is 3.15. The van der Waals surface area contributed by atoms with Crippen LogP contribution >= 0.6 is 15.9 Å². The van der Waals surface area contributed by atoms with Crippen molar-refractivity contribution < 1.29 is 71.6 Å². The Hall–Kier alpha value is -6.43. The molecule has 3 aromatic rings. The van der Waals surface area contributed by atoms with E-state index in [2.05, 4.69) is 45.1 Å². The summed E-state index contributed by atoms with van der Waals surface area (Å²) in [6.07, 6.45) is 10.8. The van der Waals surface area contributed by atoms with Crippen molar-refractivity contribution in [2.24, 2.45) is 0 Å². The third-order valence-electron chi connectivity index (χ3n) is 12.7. The summed E-state index contributed by atoms with van der Waals surface area (Å²) in [7, 11) is 4.71. The number of rotatable bonds is 6. The van der Waals surface area contributed by atoms with Crippen LogP contribution in [0.25, 0.3) is 5.57 Å². The van der Waals surface area contributed by atoms with Crippen molar-refractivity contribution in [3.05, 3.63) is 105 Å². The highest BCUT2D eigenvalue weighted by atomic mass is 79.9. The Bertz CT molecular complexity index is 2610. The van der Waals surface area contributed by atoms with Gasteiger partial charge in [0.1, 0.15) is 21.4 Å². The second-order valence-corrected chi connectivity index (χ2v) is 23.8. The summed E-state index contributed by atoms with van der Waals surface area (Å²) in [5.74, 6) is -0.869. The second kappa shape index (κ2) is 33.2. The summed E-state index contributed by atoms with van der Waals surface area (Å²) in [5.41, 5.74) is 3.14. The van der Waals surface area contributed by atoms with Crippen LogP contribution in [0.1, 0.15) is 179 Å². The van der Waals surface area contributed by atoms with E-state index in [9.17, 15) is 28.8 Å². The molecule has 2 saturated heterocycles. The van der Waals surface area contributed by atoms with Crippen LogP contribution < -0.4 is 0 Å². The van der Waals surface area contributed by atoms with Gasteiger partial charge in [-0.15, -0.1) is 0 Å². The van der Waals surface area contributed by atoms with Gasteiger partial charge in [0.05, 0.1) is 54.9 Å². The molecule has 462 valence electrons. The monoisotopic (exact) mass is 1230 g/mol. The quantitative estimate of drug-likeness (QED) is 0.104. The Kier molecular flexibility index (Phi) is 29.8. The van der Waals surface area contributed by atoms with Gasteiger partial charge in [0, 0.05) is 76.6 Å². The first kappa shape index (κ1) is 74.6. The number of hydrogen-bond acceptors (Lipinski definition) is 18. The van der Waals surface area contributed by atoms with Gasteiger partial charge < -0.3 is 57.5 Å². The van der Waals surface area contributed by atoms with Crippen LogP contribution in [0.15, 0.2) is 77.2 Å². The normalized spacial score (nSPS) is 16.3. The van der Waals surface area contributed by atoms with E-state index in [1.807, 2.05) is 108 Å². The van der Waals surface area contributed by atoms with Gasteiger partial charge in [-0.1, -0.05) is 27.0 Å². The topological polar surface area (TPSA) is 245 Å². The fourth-order valence-corrected chi connectivity index (χ4v) is 8.02. The molecule has 21 nitrogen and oxygen atoms in total. The van der Waals surface area contributed by atoms with Gasteiger partial charge in [-0.3, -0.25) is 9.97 Å². The van der Waals surface area contributed by atoms with Gasteiger partial charge in [0.15, 0.2) is 0 Å². The first-order valence-corrected chi connectivity index (χ1v) is 27.5. The molecule has 7 rings (SSSR count). The number of likely N-dealkylation sites (tertiary alicyclic amines) is 1. The lowest BCUT2D eigenvalue weighted by molar-refractivity contribution is 0.00578. The fourth-order valence-electron chi connectivity index (χ4n) is 7.79. The number of ether oxygens (including phenoxy) is 6. The molecule has 0 spiro atoms. The summed E-state index contributed by atoms with van der Waals surface area (Å²) < 4.78 is 42.8. The number of amides is 3. The number of esters is 3. The number of piperidine rings is 1. The van der Waals surface area contributed by atoms with Gasteiger partial charge in [-0.05, 0) is 179 Å². The largest absolute Gasteiger partial charge is 0.490 e. The van der Waals surface area contributed by atoms with Crippen LogP contribution in [0.4, 0.5) is 14.4 Å². The van der Waals surface area contributed by atoms with Crippen LogP contribution in [0.2, 0.25) is 0 Å². The summed E-state index contributed by atoms with van der Waals surface area (Å²) in [5, 5.41) is 7.00. The van der Waals surface area contributed by atoms with Crippen LogP contribution in [0.5, 0.6) is 0 Å². The molecule has 1 N–H and O–H groups in total. The first-order valence-electron chi connectivity index (χ1n) is 26.7. The van der Waals surface area contributed by atoms with Crippen LogP contribution in [-0.4, -0.2) is 174 Å². The molecule has 0 aliphatic carbocycles. The van der Waals surface area contributed by atoms with Crippen LogP contribution in [-0.2, 0) is 37.7 Å². The van der Waals surface area contributed by atoms with Crippen molar-refractivity contribution in [3.63, 3.8) is 0 Å². The molecule has 0 radical (unpaired) electrons. The molecule has 83 heavy (non-hydrogen) atoms. The van der Waals surface area contributed by atoms with Crippen LogP contribution in [0, 0.1) is 0 Å². The smallest absolute Gasteiger partial charge is 0.465 e. The number of carbonyl (C=O) groups excluding carboxylic acids is 6.